The van der Waals surface area contributed by atoms with Crippen LogP contribution in [0.1, 0.15) is 29.8 Å². The van der Waals surface area contributed by atoms with E-state index in [9.17, 15) is 22.4 Å². The third-order valence-corrected chi connectivity index (χ3v) is 4.00. The smallest absolute Gasteiger partial charge is 0.282 e. The molecule has 1 amide bonds. The normalized spacial score (nSPS) is 11.4. The van der Waals surface area contributed by atoms with Gasteiger partial charge in [-0.05, 0) is 23.8 Å². The zero-order valence-corrected chi connectivity index (χ0v) is 15.0. The maximum absolute atomic E-state index is 13.0. The van der Waals surface area contributed by atoms with E-state index in [1.165, 1.54) is 6.20 Å². The van der Waals surface area contributed by atoms with Crippen LogP contribution in [0.4, 0.5) is 23.2 Å². The molecule has 0 saturated heterocycles. The van der Waals surface area contributed by atoms with E-state index < -0.39 is 36.7 Å². The molecule has 3 rings (SSSR count). The Morgan fingerprint density at radius 3 is 2.50 bits per heavy atom. The molecule has 0 atom stereocenters. The largest absolute Gasteiger partial charge is 0.322 e. The van der Waals surface area contributed by atoms with Crippen LogP contribution < -0.4 is 5.32 Å². The molecule has 148 valence electrons. The summed E-state index contributed by atoms with van der Waals surface area (Å²) in [5.74, 6) is -0.697. The summed E-state index contributed by atoms with van der Waals surface area (Å²) in [6.07, 6.45) is -3.10. The third-order valence-electron chi connectivity index (χ3n) is 3.75. The number of amides is 1. The van der Waals surface area contributed by atoms with E-state index in [4.69, 9.17) is 11.6 Å². The summed E-state index contributed by atoms with van der Waals surface area (Å²) in [7, 11) is 0. The molecule has 0 spiro atoms. The number of nitrogens with one attached hydrogen (secondary N) is 1. The van der Waals surface area contributed by atoms with E-state index in [0.717, 1.165) is 5.56 Å². The van der Waals surface area contributed by atoms with Crippen molar-refractivity contribution in [1.82, 2.24) is 19.6 Å². The highest BCUT2D eigenvalue weighted by molar-refractivity contribution is 6.30. The van der Waals surface area contributed by atoms with Gasteiger partial charge in [-0.1, -0.05) is 23.7 Å². The van der Waals surface area contributed by atoms with Gasteiger partial charge in [0, 0.05) is 11.2 Å². The fraction of sp³-hybridized carbons (Fsp3) is 0.235. The van der Waals surface area contributed by atoms with E-state index in [-0.39, 0.29) is 0 Å². The van der Waals surface area contributed by atoms with Crippen LogP contribution in [0.25, 0.3) is 0 Å². The molecule has 0 aliphatic carbocycles. The molecule has 0 fully saturated rings. The fourth-order valence-corrected chi connectivity index (χ4v) is 2.61. The molecule has 2 aromatic heterocycles. The summed E-state index contributed by atoms with van der Waals surface area (Å²) >= 11 is 5.83. The zero-order valence-electron chi connectivity index (χ0n) is 14.2. The van der Waals surface area contributed by atoms with Crippen molar-refractivity contribution in [3.05, 3.63) is 64.7 Å². The number of alkyl halides is 4. The van der Waals surface area contributed by atoms with Gasteiger partial charge in [-0.25, -0.2) is 17.6 Å². The molecule has 2 heterocycles. The number of hydrogen-bond acceptors (Lipinski definition) is 3. The molecule has 0 saturated carbocycles. The minimum Gasteiger partial charge on any atom is -0.322 e. The van der Waals surface area contributed by atoms with Crippen LogP contribution in [-0.4, -0.2) is 25.5 Å². The Morgan fingerprint density at radius 1 is 1.14 bits per heavy atom. The zero-order chi connectivity index (χ0) is 20.3. The number of nitrogens with zero attached hydrogens (tertiary/aromatic N) is 4. The molecule has 28 heavy (non-hydrogen) atoms. The maximum Gasteiger partial charge on any atom is 0.282 e. The second-order valence-corrected chi connectivity index (χ2v) is 6.29. The SMILES string of the molecule is O=C(Cn1nc(C(F)F)cc1C(F)F)Nc1cnn(Cc2ccc(Cl)cc2)c1. The predicted octanol–water partition coefficient (Wildman–Crippen LogP) is 4.30. The van der Waals surface area contributed by atoms with E-state index in [1.54, 1.807) is 23.0 Å². The molecule has 11 heteroatoms. The van der Waals surface area contributed by atoms with Crippen molar-refractivity contribution in [1.29, 1.82) is 0 Å². The van der Waals surface area contributed by atoms with Crippen LogP contribution >= 0.6 is 11.6 Å². The lowest BCUT2D eigenvalue weighted by molar-refractivity contribution is -0.117. The van der Waals surface area contributed by atoms with Gasteiger partial charge in [0.1, 0.15) is 17.9 Å². The number of benzene rings is 1. The first kappa shape index (κ1) is 19.9. The van der Waals surface area contributed by atoms with Crippen LogP contribution in [-0.2, 0) is 17.9 Å². The lowest BCUT2D eigenvalue weighted by Crippen LogP contribution is -2.21. The van der Waals surface area contributed by atoms with Gasteiger partial charge in [-0.3, -0.25) is 14.2 Å². The Kier molecular flexibility index (Phi) is 5.98. The molecular formula is C17H14ClF4N5O. The second kappa shape index (κ2) is 8.42. The number of halogens is 5. The summed E-state index contributed by atoms with van der Waals surface area (Å²) in [5.41, 5.74) is -0.287. The topological polar surface area (TPSA) is 64.7 Å². The minimum absolute atomic E-state index is 0.332. The van der Waals surface area contributed by atoms with Crippen molar-refractivity contribution >= 4 is 23.2 Å². The van der Waals surface area contributed by atoms with Crippen LogP contribution in [0.5, 0.6) is 0 Å². The van der Waals surface area contributed by atoms with Crippen molar-refractivity contribution in [2.24, 2.45) is 0 Å². The number of carbonyl (C=O) groups excluding carboxylic acids is 1. The summed E-state index contributed by atoms with van der Waals surface area (Å²) < 4.78 is 53.4. The van der Waals surface area contributed by atoms with Crippen LogP contribution in [0.15, 0.2) is 42.7 Å². The van der Waals surface area contributed by atoms with E-state index in [0.29, 0.717) is 28.0 Å². The summed E-state index contributed by atoms with van der Waals surface area (Å²) in [5, 5.41) is 10.5. The van der Waals surface area contributed by atoms with Gasteiger partial charge in [0.05, 0.1) is 18.4 Å². The molecule has 0 radical (unpaired) electrons. The average molecular weight is 416 g/mol. The lowest BCUT2D eigenvalue weighted by Gasteiger charge is -2.06. The molecule has 0 bridgehead atoms. The molecule has 0 aliphatic heterocycles. The molecule has 1 N–H and O–H groups in total. The van der Waals surface area contributed by atoms with E-state index in [2.05, 4.69) is 15.5 Å². The Bertz CT molecular complexity index is 955. The lowest BCUT2D eigenvalue weighted by atomic mass is 10.2. The molecule has 0 aliphatic rings. The van der Waals surface area contributed by atoms with Gasteiger partial charge >= 0.3 is 0 Å². The van der Waals surface area contributed by atoms with Gasteiger partial charge < -0.3 is 5.32 Å². The van der Waals surface area contributed by atoms with Crippen molar-refractivity contribution in [3.63, 3.8) is 0 Å². The Labute approximate surface area is 161 Å². The van der Waals surface area contributed by atoms with Crippen molar-refractivity contribution in [2.75, 3.05) is 5.32 Å². The quantitative estimate of drug-likeness (QED) is 0.585. The van der Waals surface area contributed by atoms with Gasteiger partial charge in [-0.15, -0.1) is 0 Å². The molecule has 1 aromatic carbocycles. The van der Waals surface area contributed by atoms with Crippen LogP contribution in [0.3, 0.4) is 0 Å². The van der Waals surface area contributed by atoms with Gasteiger partial charge in [-0.2, -0.15) is 10.2 Å². The first-order chi connectivity index (χ1) is 13.3. The number of carbonyl (C=O) groups is 1. The standard InChI is InChI=1S/C17H14ClF4N5O/c18-11-3-1-10(2-4-11)7-26-8-12(6-23-26)24-15(28)9-27-14(17(21)22)5-13(25-27)16(19)20/h1-6,8,16-17H,7,9H2,(H,24,28). The van der Waals surface area contributed by atoms with Crippen molar-refractivity contribution in [2.45, 2.75) is 25.9 Å². The molecule has 6 nitrogen and oxygen atoms in total. The van der Waals surface area contributed by atoms with E-state index in [1.807, 2.05) is 12.1 Å². The highest BCUT2D eigenvalue weighted by Gasteiger charge is 2.22. The van der Waals surface area contributed by atoms with Crippen LogP contribution in [0, 0.1) is 0 Å². The second-order valence-electron chi connectivity index (χ2n) is 5.85. The molecule has 3 aromatic rings. The fourth-order valence-electron chi connectivity index (χ4n) is 2.49. The van der Waals surface area contributed by atoms with Gasteiger partial charge in [0.25, 0.3) is 12.9 Å². The number of hydrogen-bond donors (Lipinski definition) is 1. The highest BCUT2D eigenvalue weighted by atomic mass is 35.5. The van der Waals surface area contributed by atoms with Crippen molar-refractivity contribution in [3.8, 4) is 0 Å². The summed E-state index contributed by atoms with van der Waals surface area (Å²) in [6, 6.07) is 7.72. The number of rotatable bonds is 7. The Morgan fingerprint density at radius 2 is 1.86 bits per heavy atom. The molecule has 0 unspecified atom stereocenters. The van der Waals surface area contributed by atoms with Crippen LogP contribution in [0.2, 0.25) is 5.02 Å². The summed E-state index contributed by atoms with van der Waals surface area (Å²) in [6.45, 7) is -0.200. The van der Waals surface area contributed by atoms with Gasteiger partial charge in [0.2, 0.25) is 5.91 Å². The average Bonchev–Trinajstić information content (AvgIpc) is 3.24. The maximum atomic E-state index is 13.0. The third kappa shape index (κ3) is 4.89. The number of anilines is 1. The number of aromatic nitrogens is 4. The van der Waals surface area contributed by atoms with Gasteiger partial charge in [0.15, 0.2) is 0 Å². The predicted molar refractivity (Wildman–Crippen MR) is 93.6 cm³/mol. The van der Waals surface area contributed by atoms with Crippen molar-refractivity contribution < 1.29 is 22.4 Å². The Hall–Kier alpha value is -2.88. The minimum atomic E-state index is -3.03. The van der Waals surface area contributed by atoms with E-state index >= 15 is 0 Å². The summed E-state index contributed by atoms with van der Waals surface area (Å²) in [4.78, 5) is 12.1. The first-order valence-electron chi connectivity index (χ1n) is 8.02. The highest BCUT2D eigenvalue weighted by Crippen LogP contribution is 2.25. The first-order valence-corrected chi connectivity index (χ1v) is 8.40. The monoisotopic (exact) mass is 415 g/mol. The molecular weight excluding hydrogens is 402 g/mol. The Balaban J connectivity index is 1.64.